The van der Waals surface area contributed by atoms with E-state index in [-0.39, 0.29) is 10.7 Å². The van der Waals surface area contributed by atoms with Gasteiger partial charge in [-0.3, -0.25) is 19.7 Å². The normalized spacial score (nSPS) is 10.2. The van der Waals surface area contributed by atoms with Crippen LogP contribution in [0.2, 0.25) is 5.15 Å². The zero-order valence-electron chi connectivity index (χ0n) is 7.45. The molecular formula is C9H6ClN3O2. The molecular weight excluding hydrogens is 218 g/mol. The third-order valence-electron chi connectivity index (χ3n) is 1.85. The maximum Gasteiger partial charge on any atom is 0.326 e. The van der Waals surface area contributed by atoms with E-state index in [0.29, 0.717) is 5.56 Å². The summed E-state index contributed by atoms with van der Waals surface area (Å²) >= 11 is 5.77. The number of rotatable bonds is 1. The highest BCUT2D eigenvalue weighted by Crippen LogP contribution is 2.19. The molecule has 0 atom stereocenters. The van der Waals surface area contributed by atoms with Crippen molar-refractivity contribution in [1.29, 1.82) is 0 Å². The van der Waals surface area contributed by atoms with E-state index in [1.165, 1.54) is 6.20 Å². The van der Waals surface area contributed by atoms with Crippen LogP contribution in [0.1, 0.15) is 0 Å². The van der Waals surface area contributed by atoms with Crippen LogP contribution in [0.4, 0.5) is 0 Å². The van der Waals surface area contributed by atoms with Crippen molar-refractivity contribution in [2.75, 3.05) is 0 Å². The first-order valence-corrected chi connectivity index (χ1v) is 4.49. The van der Waals surface area contributed by atoms with Crippen LogP contribution in [0.5, 0.6) is 0 Å². The van der Waals surface area contributed by atoms with Gasteiger partial charge in [-0.25, -0.2) is 4.79 Å². The van der Waals surface area contributed by atoms with Gasteiger partial charge in [0.2, 0.25) is 0 Å². The van der Waals surface area contributed by atoms with Crippen molar-refractivity contribution >= 4 is 11.6 Å². The Labute approximate surface area is 88.8 Å². The average molecular weight is 224 g/mol. The van der Waals surface area contributed by atoms with Crippen molar-refractivity contribution in [3.8, 4) is 11.1 Å². The molecule has 15 heavy (non-hydrogen) atoms. The van der Waals surface area contributed by atoms with E-state index in [9.17, 15) is 9.59 Å². The predicted octanol–water partition coefficient (Wildman–Crippen LogP) is 0.779. The number of nitrogens with one attached hydrogen (secondary N) is 2. The van der Waals surface area contributed by atoms with Gasteiger partial charge in [0.1, 0.15) is 5.15 Å². The Morgan fingerprint density at radius 3 is 2.67 bits per heavy atom. The molecule has 0 aliphatic heterocycles. The van der Waals surface area contributed by atoms with Gasteiger partial charge in [-0.15, -0.1) is 0 Å². The number of aromatic amines is 2. The molecule has 2 aromatic rings. The van der Waals surface area contributed by atoms with E-state index in [2.05, 4.69) is 15.0 Å². The van der Waals surface area contributed by atoms with Crippen LogP contribution in [0.25, 0.3) is 11.1 Å². The van der Waals surface area contributed by atoms with E-state index in [0.717, 1.165) is 0 Å². The molecule has 2 N–H and O–H groups in total. The molecule has 2 heterocycles. The number of nitrogens with zero attached hydrogens (tertiary/aromatic N) is 1. The molecule has 0 saturated heterocycles. The molecule has 0 aliphatic rings. The van der Waals surface area contributed by atoms with Crippen molar-refractivity contribution in [1.82, 2.24) is 15.0 Å². The predicted molar refractivity (Wildman–Crippen MR) is 55.9 cm³/mol. The molecule has 2 aromatic heterocycles. The molecule has 2 rings (SSSR count). The Bertz CT molecular complexity index is 588. The number of aromatic nitrogens is 3. The first-order chi connectivity index (χ1) is 7.18. The lowest BCUT2D eigenvalue weighted by molar-refractivity contribution is 1.04. The fraction of sp³-hybridized carbons (Fsp3) is 0. The van der Waals surface area contributed by atoms with Gasteiger partial charge in [0.05, 0.1) is 5.56 Å². The second-order valence-corrected chi connectivity index (χ2v) is 3.22. The number of H-pyrrole nitrogens is 2. The lowest BCUT2D eigenvalue weighted by Gasteiger charge is -2.00. The fourth-order valence-corrected chi connectivity index (χ4v) is 1.51. The minimum Gasteiger partial charge on any atom is -0.297 e. The molecule has 6 heteroatoms. The molecule has 0 amide bonds. The maximum atomic E-state index is 11.5. The monoisotopic (exact) mass is 223 g/mol. The first-order valence-electron chi connectivity index (χ1n) is 4.11. The summed E-state index contributed by atoms with van der Waals surface area (Å²) in [5.41, 5.74) is -0.390. The first kappa shape index (κ1) is 9.67. The zero-order chi connectivity index (χ0) is 10.8. The highest BCUT2D eigenvalue weighted by molar-refractivity contribution is 6.31. The maximum absolute atomic E-state index is 11.5. The van der Waals surface area contributed by atoms with E-state index in [1.54, 1.807) is 18.3 Å². The van der Waals surface area contributed by atoms with Crippen LogP contribution >= 0.6 is 11.6 Å². The van der Waals surface area contributed by atoms with Crippen molar-refractivity contribution in [2.45, 2.75) is 0 Å². The summed E-state index contributed by atoms with van der Waals surface area (Å²) in [5.74, 6) is 0. The molecule has 0 saturated carbocycles. The van der Waals surface area contributed by atoms with E-state index in [4.69, 9.17) is 11.6 Å². The standard InChI is InChI=1S/C9H6ClN3O2/c10-7-6(5-2-1-3-11-4-5)8(14)13-9(15)12-7/h1-4H,(H2,12,13,14,15). The molecule has 0 unspecified atom stereocenters. The van der Waals surface area contributed by atoms with Gasteiger partial charge < -0.3 is 0 Å². The molecule has 0 bridgehead atoms. The quantitative estimate of drug-likeness (QED) is 0.702. The summed E-state index contributed by atoms with van der Waals surface area (Å²) in [4.78, 5) is 30.6. The van der Waals surface area contributed by atoms with Gasteiger partial charge >= 0.3 is 5.69 Å². The van der Waals surface area contributed by atoms with Crippen molar-refractivity contribution in [2.24, 2.45) is 0 Å². The smallest absolute Gasteiger partial charge is 0.297 e. The summed E-state index contributed by atoms with van der Waals surface area (Å²) in [6.07, 6.45) is 3.08. The summed E-state index contributed by atoms with van der Waals surface area (Å²) in [6, 6.07) is 3.36. The summed E-state index contributed by atoms with van der Waals surface area (Å²) < 4.78 is 0. The topological polar surface area (TPSA) is 78.6 Å². The summed E-state index contributed by atoms with van der Waals surface area (Å²) in [7, 11) is 0. The SMILES string of the molecule is O=c1[nH]c(Cl)c(-c2cccnc2)c(=O)[nH]1. The van der Waals surface area contributed by atoms with Crippen molar-refractivity contribution in [3.63, 3.8) is 0 Å². The van der Waals surface area contributed by atoms with Gasteiger partial charge in [-0.2, -0.15) is 0 Å². The Morgan fingerprint density at radius 2 is 2.07 bits per heavy atom. The van der Waals surface area contributed by atoms with Gasteiger partial charge in [-0.1, -0.05) is 17.7 Å². The molecule has 5 nitrogen and oxygen atoms in total. The van der Waals surface area contributed by atoms with Gasteiger partial charge in [-0.05, 0) is 6.07 Å². The largest absolute Gasteiger partial charge is 0.326 e. The van der Waals surface area contributed by atoms with E-state index in [1.807, 2.05) is 0 Å². The van der Waals surface area contributed by atoms with E-state index >= 15 is 0 Å². The third kappa shape index (κ3) is 1.82. The van der Waals surface area contributed by atoms with E-state index < -0.39 is 11.2 Å². The highest BCUT2D eigenvalue weighted by atomic mass is 35.5. The van der Waals surface area contributed by atoms with Crippen molar-refractivity contribution in [3.05, 3.63) is 50.5 Å². The van der Waals surface area contributed by atoms with Gasteiger partial charge in [0, 0.05) is 18.0 Å². The molecule has 0 fully saturated rings. The zero-order valence-corrected chi connectivity index (χ0v) is 8.21. The minimum absolute atomic E-state index is 0.0109. The van der Waals surface area contributed by atoms with Crippen LogP contribution in [0.3, 0.4) is 0 Å². The fourth-order valence-electron chi connectivity index (χ4n) is 1.23. The molecule has 0 radical (unpaired) electrons. The molecule has 0 spiro atoms. The second-order valence-electron chi connectivity index (χ2n) is 2.84. The average Bonchev–Trinajstić information content (AvgIpc) is 2.17. The lowest BCUT2D eigenvalue weighted by atomic mass is 10.1. The Balaban J connectivity index is 2.75. The Hall–Kier alpha value is -1.88. The third-order valence-corrected chi connectivity index (χ3v) is 2.13. The summed E-state index contributed by atoms with van der Waals surface area (Å²) in [6.45, 7) is 0. The summed E-state index contributed by atoms with van der Waals surface area (Å²) in [5, 5.41) is 0.0109. The van der Waals surface area contributed by atoms with Gasteiger partial charge in [0.15, 0.2) is 0 Å². The van der Waals surface area contributed by atoms with Crippen LogP contribution in [-0.4, -0.2) is 15.0 Å². The minimum atomic E-state index is -0.627. The number of halogens is 1. The van der Waals surface area contributed by atoms with Crippen LogP contribution in [0, 0.1) is 0 Å². The highest BCUT2D eigenvalue weighted by Gasteiger charge is 2.09. The lowest BCUT2D eigenvalue weighted by Crippen LogP contribution is -2.23. The number of hydrogen-bond donors (Lipinski definition) is 2. The molecule has 76 valence electrons. The van der Waals surface area contributed by atoms with Crippen LogP contribution in [0.15, 0.2) is 34.1 Å². The number of hydrogen-bond acceptors (Lipinski definition) is 3. The van der Waals surface area contributed by atoms with Gasteiger partial charge in [0.25, 0.3) is 5.56 Å². The Morgan fingerprint density at radius 1 is 1.27 bits per heavy atom. The molecule has 0 aliphatic carbocycles. The second kappa shape index (κ2) is 3.70. The molecule has 0 aromatic carbocycles. The number of pyridine rings is 1. The van der Waals surface area contributed by atoms with Crippen LogP contribution in [-0.2, 0) is 0 Å². The van der Waals surface area contributed by atoms with Crippen molar-refractivity contribution < 1.29 is 0 Å². The Kier molecular flexibility index (Phi) is 2.39. The van der Waals surface area contributed by atoms with Crippen LogP contribution < -0.4 is 11.2 Å².